The summed E-state index contributed by atoms with van der Waals surface area (Å²) in [5.41, 5.74) is 2.18. The number of unbranched alkanes of at least 4 members (excludes halogenated alkanes) is 15. The van der Waals surface area contributed by atoms with Crippen LogP contribution in [0.2, 0.25) is 0 Å². The van der Waals surface area contributed by atoms with Crippen LogP contribution >= 0.6 is 0 Å². The van der Waals surface area contributed by atoms with Crippen LogP contribution in [0.1, 0.15) is 110 Å². The minimum absolute atomic E-state index is 0.821. The molecule has 0 amide bonds. The van der Waals surface area contributed by atoms with E-state index in [0.717, 1.165) is 30.0 Å². The van der Waals surface area contributed by atoms with Crippen molar-refractivity contribution in [3.63, 3.8) is 0 Å². The topological polar surface area (TPSA) is 37.9 Å². The third-order valence-electron chi connectivity index (χ3n) is 5.93. The lowest BCUT2D eigenvalue weighted by Gasteiger charge is -2.07. The van der Waals surface area contributed by atoms with E-state index in [1.54, 1.807) is 6.20 Å². The van der Waals surface area contributed by atoms with Crippen molar-refractivity contribution >= 4 is 0 Å². The highest BCUT2D eigenvalue weighted by molar-refractivity contribution is 5.59. The van der Waals surface area contributed by atoms with Gasteiger partial charge in [-0.25, -0.2) is 0 Å². The molecular weight excluding hydrogens is 368 g/mol. The second kappa shape index (κ2) is 17.0. The monoisotopic (exact) mass is 412 g/mol. The Labute approximate surface area is 185 Å². The molecule has 1 aromatic carbocycles. The molecule has 0 saturated carbocycles. The average molecular weight is 413 g/mol. The van der Waals surface area contributed by atoms with E-state index < -0.39 is 0 Å². The summed E-state index contributed by atoms with van der Waals surface area (Å²) in [4.78, 5) is 0. The van der Waals surface area contributed by atoms with Crippen LogP contribution in [-0.2, 0) is 0 Å². The molecule has 2 aromatic rings. The van der Waals surface area contributed by atoms with E-state index in [-0.39, 0.29) is 0 Å². The lowest BCUT2D eigenvalue weighted by atomic mass is 10.0. The highest BCUT2D eigenvalue weighted by atomic mass is 16.5. The first-order chi connectivity index (χ1) is 14.9. The number of nitrogens with zero attached hydrogens (tertiary/aromatic N) is 1. The second-order valence-corrected chi connectivity index (χ2v) is 8.65. The van der Waals surface area contributed by atoms with Gasteiger partial charge in [-0.15, -0.1) is 0 Å². The third kappa shape index (κ3) is 11.4. The van der Waals surface area contributed by atoms with Gasteiger partial charge >= 0.3 is 0 Å². The van der Waals surface area contributed by atoms with Gasteiger partial charge in [0.2, 0.25) is 0 Å². The number of nitrogens with one attached hydrogen (secondary N) is 1. The number of hydrogen-bond acceptors (Lipinski definition) is 2. The molecule has 0 unspecified atom stereocenters. The maximum absolute atomic E-state index is 5.87. The van der Waals surface area contributed by atoms with Gasteiger partial charge in [-0.05, 0) is 42.3 Å². The van der Waals surface area contributed by atoms with Gasteiger partial charge in [0.15, 0.2) is 0 Å². The molecule has 1 heterocycles. The number of H-pyrrole nitrogens is 1. The van der Waals surface area contributed by atoms with Crippen molar-refractivity contribution in [2.45, 2.75) is 110 Å². The molecule has 0 bridgehead atoms. The van der Waals surface area contributed by atoms with Gasteiger partial charge in [0.25, 0.3) is 0 Å². The summed E-state index contributed by atoms with van der Waals surface area (Å²) in [5, 5.41) is 6.98. The lowest BCUT2D eigenvalue weighted by Crippen LogP contribution is -1.97. The van der Waals surface area contributed by atoms with E-state index in [4.69, 9.17) is 4.74 Å². The number of ether oxygens (including phenoxy) is 1. The summed E-state index contributed by atoms with van der Waals surface area (Å²) in [5.74, 6) is 0.958. The van der Waals surface area contributed by atoms with Crippen LogP contribution in [0.5, 0.6) is 5.75 Å². The molecule has 30 heavy (non-hydrogen) atoms. The maximum atomic E-state index is 5.87. The van der Waals surface area contributed by atoms with Gasteiger partial charge in [0, 0.05) is 6.20 Å². The Balaban J connectivity index is 1.32. The predicted molar refractivity (Wildman–Crippen MR) is 129 cm³/mol. The van der Waals surface area contributed by atoms with Crippen LogP contribution in [0.25, 0.3) is 11.3 Å². The van der Waals surface area contributed by atoms with Crippen LogP contribution < -0.4 is 4.74 Å². The smallest absolute Gasteiger partial charge is 0.119 e. The van der Waals surface area contributed by atoms with E-state index in [0.29, 0.717) is 0 Å². The summed E-state index contributed by atoms with van der Waals surface area (Å²) < 4.78 is 5.87. The van der Waals surface area contributed by atoms with Gasteiger partial charge in [-0.2, -0.15) is 5.10 Å². The highest BCUT2D eigenvalue weighted by Crippen LogP contribution is 2.20. The second-order valence-electron chi connectivity index (χ2n) is 8.65. The molecule has 1 N–H and O–H groups in total. The SMILES string of the molecule is CCCCCCCCCCCCCCCCCCOc1ccc(-c2ccn[nH]2)cc1. The summed E-state index contributed by atoms with van der Waals surface area (Å²) in [7, 11) is 0. The number of hydrogen-bond donors (Lipinski definition) is 1. The molecule has 0 aliphatic rings. The summed E-state index contributed by atoms with van der Waals surface area (Å²) in [6.07, 6.45) is 24.2. The fourth-order valence-corrected chi connectivity index (χ4v) is 3.99. The van der Waals surface area contributed by atoms with E-state index in [2.05, 4.69) is 29.3 Å². The zero-order valence-corrected chi connectivity index (χ0v) is 19.3. The first-order valence-corrected chi connectivity index (χ1v) is 12.6. The predicted octanol–water partition coefficient (Wildman–Crippen LogP) is 8.72. The first-order valence-electron chi connectivity index (χ1n) is 12.6. The van der Waals surface area contributed by atoms with Crippen LogP contribution in [0.15, 0.2) is 36.5 Å². The molecule has 2 rings (SSSR count). The lowest BCUT2D eigenvalue weighted by molar-refractivity contribution is 0.304. The molecule has 0 radical (unpaired) electrons. The number of benzene rings is 1. The van der Waals surface area contributed by atoms with Crippen molar-refractivity contribution in [1.29, 1.82) is 0 Å². The summed E-state index contributed by atoms with van der Waals surface area (Å²) in [6, 6.07) is 10.2. The molecular formula is C27H44N2O. The normalized spacial score (nSPS) is 11.1. The van der Waals surface area contributed by atoms with Crippen molar-refractivity contribution in [1.82, 2.24) is 10.2 Å². The molecule has 0 spiro atoms. The van der Waals surface area contributed by atoms with Gasteiger partial charge in [0.05, 0.1) is 12.3 Å². The molecule has 0 fully saturated rings. The first kappa shape index (κ1) is 24.5. The quantitative estimate of drug-likeness (QED) is 0.234. The number of aromatic amines is 1. The average Bonchev–Trinajstić information content (AvgIpc) is 3.31. The van der Waals surface area contributed by atoms with Gasteiger partial charge in [-0.1, -0.05) is 103 Å². The summed E-state index contributed by atoms with van der Waals surface area (Å²) >= 11 is 0. The Bertz CT molecular complexity index is 606. The van der Waals surface area contributed by atoms with Crippen molar-refractivity contribution in [2.75, 3.05) is 6.61 Å². The van der Waals surface area contributed by atoms with Crippen LogP contribution in [0.4, 0.5) is 0 Å². The van der Waals surface area contributed by atoms with Crippen molar-refractivity contribution in [3.05, 3.63) is 36.5 Å². The number of rotatable bonds is 19. The van der Waals surface area contributed by atoms with Crippen molar-refractivity contribution < 1.29 is 4.74 Å². The Morgan fingerprint density at radius 1 is 0.633 bits per heavy atom. The molecule has 0 aliphatic heterocycles. The molecule has 3 nitrogen and oxygen atoms in total. The van der Waals surface area contributed by atoms with E-state index in [1.807, 2.05) is 18.2 Å². The maximum Gasteiger partial charge on any atom is 0.119 e. The summed E-state index contributed by atoms with van der Waals surface area (Å²) in [6.45, 7) is 3.11. The standard InChI is InChI=1S/C27H44N2O/c1-2-3-4-5-6-7-8-9-10-11-12-13-14-15-16-17-24-30-26-20-18-25(19-21-26)27-22-23-28-29-27/h18-23H,2-17,24H2,1H3,(H,28,29). The van der Waals surface area contributed by atoms with Crippen LogP contribution in [-0.4, -0.2) is 16.8 Å². The molecule has 0 aliphatic carbocycles. The number of aromatic nitrogens is 2. The third-order valence-corrected chi connectivity index (χ3v) is 5.93. The minimum Gasteiger partial charge on any atom is -0.494 e. The Kier molecular flexibility index (Phi) is 13.9. The van der Waals surface area contributed by atoms with E-state index in [9.17, 15) is 0 Å². The molecule has 0 saturated heterocycles. The van der Waals surface area contributed by atoms with E-state index in [1.165, 1.54) is 96.3 Å². The zero-order valence-electron chi connectivity index (χ0n) is 19.3. The van der Waals surface area contributed by atoms with Crippen LogP contribution in [0.3, 0.4) is 0 Å². The molecule has 3 heteroatoms. The van der Waals surface area contributed by atoms with Gasteiger partial charge < -0.3 is 4.74 Å². The molecule has 0 atom stereocenters. The van der Waals surface area contributed by atoms with Gasteiger partial charge in [0.1, 0.15) is 5.75 Å². The fourth-order valence-electron chi connectivity index (χ4n) is 3.99. The molecule has 1 aromatic heterocycles. The highest BCUT2D eigenvalue weighted by Gasteiger charge is 2.00. The molecule has 168 valence electrons. The van der Waals surface area contributed by atoms with Crippen molar-refractivity contribution in [3.8, 4) is 17.0 Å². The Hall–Kier alpha value is -1.77. The fraction of sp³-hybridized carbons (Fsp3) is 0.667. The largest absolute Gasteiger partial charge is 0.494 e. The van der Waals surface area contributed by atoms with E-state index >= 15 is 0 Å². The van der Waals surface area contributed by atoms with Crippen LogP contribution in [0, 0.1) is 0 Å². The van der Waals surface area contributed by atoms with Crippen molar-refractivity contribution in [2.24, 2.45) is 0 Å². The Morgan fingerprint density at radius 2 is 1.13 bits per heavy atom. The van der Waals surface area contributed by atoms with Gasteiger partial charge in [-0.3, -0.25) is 5.10 Å². The Morgan fingerprint density at radius 3 is 1.60 bits per heavy atom. The zero-order chi connectivity index (χ0) is 21.1. The minimum atomic E-state index is 0.821.